The minimum Gasteiger partial charge on any atom is -0.476 e. The van der Waals surface area contributed by atoms with Gasteiger partial charge in [-0.25, -0.2) is 14.4 Å². The van der Waals surface area contributed by atoms with Gasteiger partial charge in [-0.05, 0) is 44.0 Å². The van der Waals surface area contributed by atoms with Gasteiger partial charge in [-0.3, -0.25) is 4.79 Å². The molecule has 1 aliphatic carbocycles. The van der Waals surface area contributed by atoms with Crippen LogP contribution in [0.15, 0.2) is 30.5 Å². The van der Waals surface area contributed by atoms with E-state index >= 15 is 0 Å². The van der Waals surface area contributed by atoms with Gasteiger partial charge in [0.25, 0.3) is 5.91 Å². The average Bonchev–Trinajstić information content (AvgIpc) is 3.38. The number of aryl methyl sites for hydroxylation is 1. The van der Waals surface area contributed by atoms with E-state index in [1.165, 1.54) is 14.1 Å². The van der Waals surface area contributed by atoms with Gasteiger partial charge in [-0.2, -0.15) is 17.8 Å². The maximum absolute atomic E-state index is 12.4. The Balaban J connectivity index is 1.62. The number of aromatic nitrogens is 3. The molecule has 0 bridgehead atoms. The van der Waals surface area contributed by atoms with E-state index in [0.29, 0.717) is 34.3 Å². The second-order valence-electron chi connectivity index (χ2n) is 8.53. The number of benzene rings is 1. The van der Waals surface area contributed by atoms with Crippen molar-refractivity contribution in [1.29, 1.82) is 0 Å². The molecule has 0 saturated heterocycles. The highest BCUT2D eigenvalue weighted by Gasteiger charge is 2.38. The summed E-state index contributed by atoms with van der Waals surface area (Å²) in [6.07, 6.45) is 3.91. The lowest BCUT2D eigenvalue weighted by Crippen LogP contribution is -2.39. The second kappa shape index (κ2) is 8.02. The number of hydrogen-bond donors (Lipinski definition) is 1. The molecule has 0 aliphatic heterocycles. The van der Waals surface area contributed by atoms with Crippen LogP contribution in [0, 0.1) is 12.3 Å². The van der Waals surface area contributed by atoms with Gasteiger partial charge in [0, 0.05) is 30.5 Å². The summed E-state index contributed by atoms with van der Waals surface area (Å²) in [5.74, 6) is -0.332. The van der Waals surface area contributed by atoms with Crippen molar-refractivity contribution in [2.45, 2.75) is 26.7 Å². The zero-order chi connectivity index (χ0) is 23.3. The molecule has 32 heavy (non-hydrogen) atoms. The lowest BCUT2D eigenvalue weighted by Gasteiger charge is -2.12. The van der Waals surface area contributed by atoms with Gasteiger partial charge in [-0.15, -0.1) is 0 Å². The summed E-state index contributed by atoms with van der Waals surface area (Å²) < 4.78 is 34.3. The molecule has 1 saturated carbocycles. The Morgan fingerprint density at radius 3 is 2.66 bits per heavy atom. The fraction of sp³-hybridized carbons (Fsp3) is 0.381. The molecule has 0 atom stereocenters. The zero-order valence-corrected chi connectivity index (χ0v) is 19.8. The van der Waals surface area contributed by atoms with Crippen LogP contribution in [-0.4, -0.2) is 54.1 Å². The van der Waals surface area contributed by atoms with Gasteiger partial charge in [0.15, 0.2) is 0 Å². The van der Waals surface area contributed by atoms with E-state index in [9.17, 15) is 13.2 Å². The van der Waals surface area contributed by atoms with Crippen molar-refractivity contribution >= 4 is 38.6 Å². The zero-order valence-electron chi connectivity index (χ0n) is 18.2. The highest BCUT2D eigenvalue weighted by Crippen LogP contribution is 2.45. The Bertz CT molecular complexity index is 1320. The first-order chi connectivity index (χ1) is 15.0. The molecule has 170 valence electrons. The predicted octanol–water partition coefficient (Wildman–Crippen LogP) is 3.10. The topological polar surface area (TPSA) is 106 Å². The van der Waals surface area contributed by atoms with Gasteiger partial charge in [0.1, 0.15) is 5.02 Å². The molecule has 3 aromatic rings. The standard InChI is InChI=1S/C21H24ClN5O4S/c1-13-16-9-14(19(28)25-32(29,30)26(3)4)5-6-18(16)27(24-13)15-10-17(22)20(23-11-15)31-12-21(2)7-8-21/h5-6,9-11H,7-8,12H2,1-4H3,(H,25,28). The Morgan fingerprint density at radius 2 is 2.03 bits per heavy atom. The third-order valence-corrected chi connectivity index (χ3v) is 7.20. The molecule has 1 amide bonds. The number of fused-ring (bicyclic) bond motifs is 1. The number of nitrogens with zero attached hydrogens (tertiary/aromatic N) is 4. The molecule has 2 heterocycles. The minimum atomic E-state index is -3.89. The Morgan fingerprint density at radius 1 is 1.31 bits per heavy atom. The Kier molecular flexibility index (Phi) is 5.64. The van der Waals surface area contributed by atoms with Crippen LogP contribution in [0.1, 0.15) is 35.8 Å². The average molecular weight is 478 g/mol. The Hall–Kier alpha value is -2.69. The molecule has 1 aromatic carbocycles. The van der Waals surface area contributed by atoms with Crippen LogP contribution in [0.4, 0.5) is 0 Å². The SMILES string of the molecule is Cc1nn(-c2cnc(OCC3(C)CC3)c(Cl)c2)c2ccc(C(=O)NS(=O)(=O)N(C)C)cc12. The van der Waals surface area contributed by atoms with Crippen molar-refractivity contribution in [3.8, 4) is 11.6 Å². The summed E-state index contributed by atoms with van der Waals surface area (Å²) in [5, 5.41) is 5.64. The van der Waals surface area contributed by atoms with Crippen LogP contribution < -0.4 is 9.46 Å². The molecule has 0 spiro atoms. The summed E-state index contributed by atoms with van der Waals surface area (Å²) >= 11 is 6.40. The smallest absolute Gasteiger partial charge is 0.303 e. The first-order valence-electron chi connectivity index (χ1n) is 10.0. The van der Waals surface area contributed by atoms with Crippen molar-refractivity contribution in [2.75, 3.05) is 20.7 Å². The highest BCUT2D eigenvalue weighted by atomic mass is 35.5. The molecule has 11 heteroatoms. The number of pyridine rings is 1. The van der Waals surface area contributed by atoms with Crippen LogP contribution >= 0.6 is 11.6 Å². The molecular weight excluding hydrogens is 454 g/mol. The fourth-order valence-corrected chi connectivity index (χ4v) is 3.86. The van der Waals surface area contributed by atoms with Gasteiger partial charge in [0.2, 0.25) is 5.88 Å². The molecule has 9 nitrogen and oxygen atoms in total. The molecule has 4 rings (SSSR count). The molecule has 0 radical (unpaired) electrons. The van der Waals surface area contributed by atoms with E-state index in [1.807, 2.05) is 4.72 Å². The molecule has 1 aliphatic rings. The first kappa shape index (κ1) is 22.5. The van der Waals surface area contributed by atoms with Crippen molar-refractivity contribution in [3.63, 3.8) is 0 Å². The quantitative estimate of drug-likeness (QED) is 0.560. The van der Waals surface area contributed by atoms with Crippen LogP contribution in [0.25, 0.3) is 16.6 Å². The summed E-state index contributed by atoms with van der Waals surface area (Å²) in [7, 11) is -1.20. The molecule has 1 N–H and O–H groups in total. The first-order valence-corrected chi connectivity index (χ1v) is 11.8. The number of ether oxygens (including phenoxy) is 1. The summed E-state index contributed by atoms with van der Waals surface area (Å²) in [5.41, 5.74) is 2.47. The number of rotatable bonds is 7. The number of hydrogen-bond acceptors (Lipinski definition) is 6. The lowest BCUT2D eigenvalue weighted by molar-refractivity contribution is 0.0980. The van der Waals surface area contributed by atoms with Gasteiger partial charge in [-0.1, -0.05) is 18.5 Å². The molecule has 2 aromatic heterocycles. The number of amides is 1. The number of nitrogens with one attached hydrogen (secondary N) is 1. The van der Waals surface area contributed by atoms with Crippen LogP contribution in [0.2, 0.25) is 5.02 Å². The van der Waals surface area contributed by atoms with Gasteiger partial charge < -0.3 is 4.74 Å². The third-order valence-electron chi connectivity index (χ3n) is 5.53. The maximum Gasteiger partial charge on any atom is 0.303 e. The fourth-order valence-electron chi connectivity index (χ4n) is 3.11. The second-order valence-corrected chi connectivity index (χ2v) is 10.8. The summed E-state index contributed by atoms with van der Waals surface area (Å²) in [6.45, 7) is 4.55. The van der Waals surface area contributed by atoms with Crippen LogP contribution in [0.3, 0.4) is 0 Å². The van der Waals surface area contributed by atoms with Crippen molar-refractivity contribution < 1.29 is 17.9 Å². The molecule has 0 unspecified atom stereocenters. The highest BCUT2D eigenvalue weighted by molar-refractivity contribution is 7.87. The number of carbonyl (C=O) groups excluding carboxylic acids is 1. The van der Waals surface area contributed by atoms with Crippen LogP contribution in [0.5, 0.6) is 5.88 Å². The normalized spacial score (nSPS) is 15.2. The van der Waals surface area contributed by atoms with Crippen molar-refractivity contribution in [2.24, 2.45) is 5.41 Å². The summed E-state index contributed by atoms with van der Waals surface area (Å²) in [4.78, 5) is 16.8. The van der Waals surface area contributed by atoms with E-state index in [-0.39, 0.29) is 11.0 Å². The molecular formula is C21H24ClN5O4S. The van der Waals surface area contributed by atoms with Crippen LogP contribution in [-0.2, 0) is 10.2 Å². The predicted molar refractivity (Wildman–Crippen MR) is 122 cm³/mol. The van der Waals surface area contributed by atoms with Crippen molar-refractivity contribution in [3.05, 3.63) is 46.7 Å². The van der Waals surface area contributed by atoms with E-state index in [2.05, 4.69) is 17.0 Å². The van der Waals surface area contributed by atoms with Gasteiger partial charge in [0.05, 0.1) is 29.7 Å². The van der Waals surface area contributed by atoms with E-state index in [1.54, 1.807) is 42.1 Å². The lowest BCUT2D eigenvalue weighted by atomic mass is 10.1. The summed E-state index contributed by atoms with van der Waals surface area (Å²) in [6, 6.07) is 6.59. The molecule has 1 fully saturated rings. The number of carbonyl (C=O) groups is 1. The Labute approximate surface area is 191 Å². The monoisotopic (exact) mass is 477 g/mol. The third kappa shape index (κ3) is 4.43. The van der Waals surface area contributed by atoms with E-state index in [0.717, 1.165) is 22.7 Å². The van der Waals surface area contributed by atoms with Crippen molar-refractivity contribution in [1.82, 2.24) is 23.8 Å². The van der Waals surface area contributed by atoms with E-state index in [4.69, 9.17) is 16.3 Å². The van der Waals surface area contributed by atoms with E-state index < -0.39 is 16.1 Å². The minimum absolute atomic E-state index is 0.207. The van der Waals surface area contributed by atoms with Gasteiger partial charge >= 0.3 is 10.2 Å². The largest absolute Gasteiger partial charge is 0.476 e. The maximum atomic E-state index is 12.4. The number of halogens is 1.